The fourth-order valence-corrected chi connectivity index (χ4v) is 2.32. The molecule has 1 aromatic carbocycles. The standard InChI is InChI=1S/C17H22N2O4.ClH/c1-4-6-23-16-8-12-11(7-15(16)21-3)13(17(20)22-5-2)10-19-14(12)9-18;/h7-8,10H,4-6,9,18H2,1-3H3;1H. The second-order valence-electron chi connectivity index (χ2n) is 4.94. The van der Waals surface area contributed by atoms with Crippen molar-refractivity contribution >= 4 is 29.1 Å². The summed E-state index contributed by atoms with van der Waals surface area (Å²) < 4.78 is 16.2. The molecule has 0 aliphatic rings. The number of pyridine rings is 1. The Morgan fingerprint density at radius 3 is 2.50 bits per heavy atom. The Morgan fingerprint density at radius 1 is 1.21 bits per heavy atom. The van der Waals surface area contributed by atoms with E-state index in [9.17, 15) is 4.79 Å². The molecular weight excluding hydrogens is 332 g/mol. The van der Waals surface area contributed by atoms with Crippen molar-refractivity contribution in [3.8, 4) is 11.5 Å². The van der Waals surface area contributed by atoms with Crippen LogP contribution in [0.2, 0.25) is 0 Å². The first-order chi connectivity index (χ1) is 11.2. The summed E-state index contributed by atoms with van der Waals surface area (Å²) in [5.74, 6) is 0.753. The first kappa shape index (κ1) is 20.0. The molecule has 0 amide bonds. The minimum absolute atomic E-state index is 0. The van der Waals surface area contributed by atoms with E-state index in [1.165, 1.54) is 6.20 Å². The third-order valence-corrected chi connectivity index (χ3v) is 3.40. The van der Waals surface area contributed by atoms with Crippen molar-refractivity contribution in [2.75, 3.05) is 20.3 Å². The normalized spacial score (nSPS) is 10.2. The first-order valence-corrected chi connectivity index (χ1v) is 7.65. The number of nitrogens with two attached hydrogens (primary N) is 1. The van der Waals surface area contributed by atoms with Crippen LogP contribution < -0.4 is 15.2 Å². The molecule has 0 spiro atoms. The molecular formula is C17H23ClN2O4. The maximum absolute atomic E-state index is 12.1. The van der Waals surface area contributed by atoms with Gasteiger partial charge in [0.05, 0.1) is 31.6 Å². The van der Waals surface area contributed by atoms with Crippen LogP contribution in [0.3, 0.4) is 0 Å². The summed E-state index contributed by atoms with van der Waals surface area (Å²) >= 11 is 0. The summed E-state index contributed by atoms with van der Waals surface area (Å²) in [6.07, 6.45) is 2.38. The van der Waals surface area contributed by atoms with Gasteiger partial charge in [-0.3, -0.25) is 4.98 Å². The molecule has 2 rings (SSSR count). The zero-order valence-electron chi connectivity index (χ0n) is 14.1. The molecule has 2 N–H and O–H groups in total. The van der Waals surface area contributed by atoms with Crippen LogP contribution in [0.25, 0.3) is 10.8 Å². The Kier molecular flexibility index (Phi) is 7.74. The summed E-state index contributed by atoms with van der Waals surface area (Å²) in [7, 11) is 1.56. The number of nitrogens with zero attached hydrogens (tertiary/aromatic N) is 1. The lowest BCUT2D eigenvalue weighted by Crippen LogP contribution is -2.09. The minimum Gasteiger partial charge on any atom is -0.493 e. The monoisotopic (exact) mass is 354 g/mol. The van der Waals surface area contributed by atoms with E-state index in [1.54, 1.807) is 20.1 Å². The van der Waals surface area contributed by atoms with Crippen LogP contribution in [-0.4, -0.2) is 31.3 Å². The highest BCUT2D eigenvalue weighted by molar-refractivity contribution is 6.05. The number of methoxy groups -OCH3 is 1. The van der Waals surface area contributed by atoms with Crippen molar-refractivity contribution in [1.82, 2.24) is 4.98 Å². The summed E-state index contributed by atoms with van der Waals surface area (Å²) in [5, 5.41) is 1.46. The predicted octanol–water partition coefficient (Wildman–Crippen LogP) is 3.09. The number of carbonyl (C=O) groups is 1. The number of fused-ring (bicyclic) bond motifs is 1. The summed E-state index contributed by atoms with van der Waals surface area (Å²) in [5.41, 5.74) is 6.85. The zero-order valence-corrected chi connectivity index (χ0v) is 14.9. The molecule has 7 heteroatoms. The van der Waals surface area contributed by atoms with Crippen molar-refractivity contribution in [3.63, 3.8) is 0 Å². The van der Waals surface area contributed by atoms with Gasteiger partial charge >= 0.3 is 5.97 Å². The van der Waals surface area contributed by atoms with Crippen molar-refractivity contribution in [2.24, 2.45) is 5.73 Å². The van der Waals surface area contributed by atoms with Crippen LogP contribution in [0.15, 0.2) is 18.3 Å². The van der Waals surface area contributed by atoms with Gasteiger partial charge in [-0.1, -0.05) is 6.92 Å². The van der Waals surface area contributed by atoms with Gasteiger partial charge in [-0.25, -0.2) is 4.79 Å². The topological polar surface area (TPSA) is 83.7 Å². The lowest BCUT2D eigenvalue weighted by molar-refractivity contribution is 0.0528. The number of hydrogen-bond donors (Lipinski definition) is 1. The molecule has 0 radical (unpaired) electrons. The van der Waals surface area contributed by atoms with Gasteiger partial charge in [-0.15, -0.1) is 12.4 Å². The largest absolute Gasteiger partial charge is 0.493 e. The number of hydrogen-bond acceptors (Lipinski definition) is 6. The second kappa shape index (κ2) is 9.30. The van der Waals surface area contributed by atoms with Crippen molar-refractivity contribution in [3.05, 3.63) is 29.6 Å². The number of carbonyl (C=O) groups excluding carboxylic acids is 1. The van der Waals surface area contributed by atoms with Crippen molar-refractivity contribution in [1.29, 1.82) is 0 Å². The molecule has 0 bridgehead atoms. The fourth-order valence-electron chi connectivity index (χ4n) is 2.32. The molecule has 24 heavy (non-hydrogen) atoms. The van der Waals surface area contributed by atoms with Crippen LogP contribution in [0.4, 0.5) is 0 Å². The molecule has 6 nitrogen and oxygen atoms in total. The van der Waals surface area contributed by atoms with E-state index in [0.29, 0.717) is 41.4 Å². The average molecular weight is 355 g/mol. The van der Waals surface area contributed by atoms with E-state index in [1.807, 2.05) is 13.0 Å². The van der Waals surface area contributed by atoms with E-state index in [4.69, 9.17) is 19.9 Å². The summed E-state index contributed by atoms with van der Waals surface area (Å²) in [4.78, 5) is 16.4. The van der Waals surface area contributed by atoms with Crippen molar-refractivity contribution in [2.45, 2.75) is 26.8 Å². The zero-order chi connectivity index (χ0) is 16.8. The molecule has 0 aliphatic carbocycles. The molecule has 0 aliphatic heterocycles. The smallest absolute Gasteiger partial charge is 0.340 e. The van der Waals surface area contributed by atoms with Gasteiger partial charge < -0.3 is 19.9 Å². The average Bonchev–Trinajstić information content (AvgIpc) is 2.58. The van der Waals surface area contributed by atoms with E-state index in [2.05, 4.69) is 4.98 Å². The van der Waals surface area contributed by atoms with Crippen LogP contribution in [0, 0.1) is 0 Å². The van der Waals surface area contributed by atoms with Crippen LogP contribution in [0.1, 0.15) is 36.3 Å². The highest BCUT2D eigenvalue weighted by Crippen LogP contribution is 2.35. The highest BCUT2D eigenvalue weighted by Gasteiger charge is 2.17. The molecule has 2 aromatic rings. The van der Waals surface area contributed by atoms with E-state index >= 15 is 0 Å². The number of ether oxygens (including phenoxy) is 3. The maximum Gasteiger partial charge on any atom is 0.340 e. The van der Waals surface area contributed by atoms with Gasteiger partial charge in [-0.2, -0.15) is 0 Å². The number of aromatic nitrogens is 1. The number of halogens is 1. The second-order valence-corrected chi connectivity index (χ2v) is 4.94. The number of esters is 1. The molecule has 0 saturated heterocycles. The van der Waals surface area contributed by atoms with Gasteiger partial charge in [0, 0.05) is 23.5 Å². The Bertz CT molecular complexity index is 707. The van der Waals surface area contributed by atoms with Crippen molar-refractivity contribution < 1.29 is 19.0 Å². The molecule has 0 atom stereocenters. The van der Waals surface area contributed by atoms with E-state index in [-0.39, 0.29) is 19.0 Å². The SMILES string of the molecule is CCCOc1cc2c(CN)ncc(C(=O)OCC)c2cc1OC.Cl. The lowest BCUT2D eigenvalue weighted by atomic mass is 10.0. The quantitative estimate of drug-likeness (QED) is 0.769. The van der Waals surface area contributed by atoms with Gasteiger partial charge in [0.1, 0.15) is 0 Å². The fraction of sp³-hybridized carbons (Fsp3) is 0.412. The Labute approximate surface area is 147 Å². The first-order valence-electron chi connectivity index (χ1n) is 7.65. The van der Waals surface area contributed by atoms with E-state index < -0.39 is 5.97 Å². The Hall–Kier alpha value is -2.05. The summed E-state index contributed by atoms with van der Waals surface area (Å²) in [6, 6.07) is 3.59. The third-order valence-electron chi connectivity index (χ3n) is 3.40. The Balaban J connectivity index is 0.00000288. The molecule has 0 unspecified atom stereocenters. The third kappa shape index (κ3) is 4.07. The lowest BCUT2D eigenvalue weighted by Gasteiger charge is -2.14. The van der Waals surface area contributed by atoms with Crippen LogP contribution in [0.5, 0.6) is 11.5 Å². The maximum atomic E-state index is 12.1. The number of benzene rings is 1. The molecule has 1 aromatic heterocycles. The number of rotatable bonds is 7. The predicted molar refractivity (Wildman–Crippen MR) is 95.2 cm³/mol. The molecule has 0 saturated carbocycles. The van der Waals surface area contributed by atoms with Crippen LogP contribution in [-0.2, 0) is 11.3 Å². The van der Waals surface area contributed by atoms with Gasteiger partial charge in [-0.05, 0) is 25.5 Å². The molecule has 1 heterocycles. The van der Waals surface area contributed by atoms with Crippen LogP contribution >= 0.6 is 12.4 Å². The summed E-state index contributed by atoms with van der Waals surface area (Å²) in [6.45, 7) is 4.93. The highest BCUT2D eigenvalue weighted by atomic mass is 35.5. The van der Waals surface area contributed by atoms with E-state index in [0.717, 1.165) is 11.8 Å². The van der Waals surface area contributed by atoms with Gasteiger partial charge in [0.15, 0.2) is 11.5 Å². The molecule has 0 fully saturated rings. The molecule has 132 valence electrons. The van der Waals surface area contributed by atoms with Gasteiger partial charge in [0.25, 0.3) is 0 Å². The van der Waals surface area contributed by atoms with Gasteiger partial charge in [0.2, 0.25) is 0 Å². The Morgan fingerprint density at radius 2 is 1.92 bits per heavy atom. The minimum atomic E-state index is -0.419.